The number of methoxy groups -OCH3 is 2. The molecule has 0 saturated heterocycles. The highest BCUT2D eigenvalue weighted by Gasteiger charge is 2.28. The van der Waals surface area contributed by atoms with Crippen molar-refractivity contribution >= 4 is 39.4 Å². The smallest absolute Gasteiger partial charge is 0.355 e. The summed E-state index contributed by atoms with van der Waals surface area (Å²) in [6, 6.07) is 16.2. The van der Waals surface area contributed by atoms with E-state index in [4.69, 9.17) is 21.1 Å². The number of para-hydroxylation sites is 1. The third-order valence-corrected chi connectivity index (χ3v) is 6.36. The molecule has 0 N–H and O–H groups in total. The zero-order chi connectivity index (χ0) is 24.7. The highest BCUT2D eigenvalue weighted by Crippen LogP contribution is 2.40. The molecule has 3 heterocycles. The Morgan fingerprint density at radius 2 is 1.91 bits per heavy atom. The Bertz CT molecular complexity index is 1610. The lowest BCUT2D eigenvalue weighted by molar-refractivity contribution is 0.0590. The molecule has 0 radical (unpaired) electrons. The molecule has 0 bridgehead atoms. The van der Waals surface area contributed by atoms with Crippen LogP contribution >= 0.6 is 11.6 Å². The molecule has 8 heteroatoms. The second-order valence-electron chi connectivity index (χ2n) is 8.11. The molecule has 0 atom stereocenters. The van der Waals surface area contributed by atoms with Crippen LogP contribution in [0.15, 0.2) is 60.8 Å². The summed E-state index contributed by atoms with van der Waals surface area (Å²) >= 11 is 6.55. The number of hydrogen-bond donors (Lipinski definition) is 0. The van der Waals surface area contributed by atoms with Crippen LogP contribution in [0.2, 0.25) is 5.15 Å². The van der Waals surface area contributed by atoms with Crippen molar-refractivity contribution in [3.05, 3.63) is 88.6 Å². The molecule has 0 spiro atoms. The topological polar surface area (TPSA) is 66.2 Å². The molecule has 6 nitrogen and oxygen atoms in total. The van der Waals surface area contributed by atoms with Crippen LogP contribution in [0.3, 0.4) is 0 Å². The summed E-state index contributed by atoms with van der Waals surface area (Å²) in [4.78, 5) is 22.0. The average molecular weight is 490 g/mol. The van der Waals surface area contributed by atoms with Crippen molar-refractivity contribution in [2.24, 2.45) is 0 Å². The number of rotatable bonds is 5. The first kappa shape index (κ1) is 22.8. The number of ether oxygens (including phenoxy) is 2. The van der Waals surface area contributed by atoms with Gasteiger partial charge in [0.15, 0.2) is 0 Å². The zero-order valence-electron chi connectivity index (χ0n) is 19.3. The predicted octanol–water partition coefficient (Wildman–Crippen LogP) is 6.20. The van der Waals surface area contributed by atoms with E-state index in [1.54, 1.807) is 35.9 Å². The summed E-state index contributed by atoms with van der Waals surface area (Å²) in [5.74, 6) is -0.630. The fourth-order valence-corrected chi connectivity index (χ4v) is 4.59. The standard InChI is InChI=1S/C27H21ClFN3O3/c1-15-11-19-22(13-20(15)29)32(14-17-12-16-7-4-5-9-21(16)31-25(17)28)24(27(33)35-3)23(19)18-8-6-10-30-26(18)34-2/h4-13H,14H2,1-3H3. The molecule has 5 rings (SSSR count). The number of nitrogens with zero attached hydrogens (tertiary/aromatic N) is 3. The van der Waals surface area contributed by atoms with Gasteiger partial charge < -0.3 is 14.0 Å². The lowest BCUT2D eigenvalue weighted by atomic mass is 10.0. The van der Waals surface area contributed by atoms with Crippen LogP contribution in [0.5, 0.6) is 5.88 Å². The number of carbonyl (C=O) groups excluding carboxylic acids is 1. The number of aromatic nitrogens is 3. The molecular weight excluding hydrogens is 469 g/mol. The van der Waals surface area contributed by atoms with E-state index in [1.165, 1.54) is 20.3 Å². The van der Waals surface area contributed by atoms with Crippen molar-refractivity contribution in [1.82, 2.24) is 14.5 Å². The van der Waals surface area contributed by atoms with Crippen molar-refractivity contribution in [3.63, 3.8) is 0 Å². The number of fused-ring (bicyclic) bond motifs is 2. The highest BCUT2D eigenvalue weighted by molar-refractivity contribution is 6.30. The summed E-state index contributed by atoms with van der Waals surface area (Å²) in [6.45, 7) is 1.85. The van der Waals surface area contributed by atoms with Crippen LogP contribution in [0.25, 0.3) is 32.9 Å². The number of hydrogen-bond acceptors (Lipinski definition) is 5. The maximum absolute atomic E-state index is 14.8. The molecule has 0 aliphatic carbocycles. The van der Waals surface area contributed by atoms with Crippen LogP contribution in [0, 0.1) is 12.7 Å². The van der Waals surface area contributed by atoms with Gasteiger partial charge in [-0.05, 0) is 48.9 Å². The zero-order valence-corrected chi connectivity index (χ0v) is 20.1. The number of benzene rings is 2. The number of pyridine rings is 2. The van der Waals surface area contributed by atoms with E-state index < -0.39 is 5.97 Å². The van der Waals surface area contributed by atoms with E-state index in [0.717, 1.165) is 10.9 Å². The quantitative estimate of drug-likeness (QED) is 0.217. The van der Waals surface area contributed by atoms with Gasteiger partial charge in [0.2, 0.25) is 5.88 Å². The van der Waals surface area contributed by atoms with Gasteiger partial charge in [0.1, 0.15) is 16.7 Å². The fraction of sp³-hybridized carbons (Fsp3) is 0.148. The molecule has 0 aliphatic rings. The van der Waals surface area contributed by atoms with Crippen LogP contribution < -0.4 is 4.74 Å². The molecule has 5 aromatic rings. The van der Waals surface area contributed by atoms with Gasteiger partial charge in [0.05, 0.1) is 31.8 Å². The first-order valence-electron chi connectivity index (χ1n) is 10.9. The van der Waals surface area contributed by atoms with Gasteiger partial charge in [0.25, 0.3) is 0 Å². The molecular formula is C27H21ClFN3O3. The summed E-state index contributed by atoms with van der Waals surface area (Å²) in [5.41, 5.74) is 3.77. The van der Waals surface area contributed by atoms with Crippen molar-refractivity contribution < 1.29 is 18.7 Å². The molecule has 0 amide bonds. The normalized spacial score (nSPS) is 11.2. The largest absolute Gasteiger partial charge is 0.481 e. The number of carbonyl (C=O) groups is 1. The van der Waals surface area contributed by atoms with E-state index in [1.807, 2.05) is 30.3 Å². The lowest BCUT2D eigenvalue weighted by Gasteiger charge is -2.13. The van der Waals surface area contributed by atoms with Crippen molar-refractivity contribution in [3.8, 4) is 17.0 Å². The molecule has 35 heavy (non-hydrogen) atoms. The number of halogens is 2. The first-order valence-corrected chi connectivity index (χ1v) is 11.2. The van der Waals surface area contributed by atoms with Crippen LogP contribution in [-0.4, -0.2) is 34.7 Å². The molecule has 2 aromatic carbocycles. The van der Waals surface area contributed by atoms with E-state index in [2.05, 4.69) is 9.97 Å². The second-order valence-corrected chi connectivity index (χ2v) is 8.47. The van der Waals surface area contributed by atoms with Gasteiger partial charge in [-0.25, -0.2) is 19.2 Å². The average Bonchev–Trinajstić information content (AvgIpc) is 3.16. The molecule has 3 aromatic heterocycles. The molecule has 0 saturated carbocycles. The number of aryl methyl sites for hydroxylation is 1. The second kappa shape index (κ2) is 9.00. The van der Waals surface area contributed by atoms with E-state index in [9.17, 15) is 9.18 Å². The van der Waals surface area contributed by atoms with Gasteiger partial charge in [-0.15, -0.1) is 0 Å². The van der Waals surface area contributed by atoms with Gasteiger partial charge in [-0.3, -0.25) is 0 Å². The third kappa shape index (κ3) is 3.88. The van der Waals surface area contributed by atoms with Crippen LogP contribution in [0.1, 0.15) is 21.6 Å². The number of esters is 1. The molecule has 0 fully saturated rings. The first-order chi connectivity index (χ1) is 16.9. The Balaban J connectivity index is 1.85. The van der Waals surface area contributed by atoms with Gasteiger partial charge >= 0.3 is 5.97 Å². The van der Waals surface area contributed by atoms with Crippen LogP contribution in [0.4, 0.5) is 4.39 Å². The molecule has 0 unspecified atom stereocenters. The minimum absolute atomic E-state index is 0.169. The Kier molecular flexibility index (Phi) is 5.86. The summed E-state index contributed by atoms with van der Waals surface area (Å²) in [5, 5.41) is 1.87. The van der Waals surface area contributed by atoms with E-state index >= 15 is 0 Å². The van der Waals surface area contributed by atoms with E-state index in [-0.39, 0.29) is 18.1 Å². The highest BCUT2D eigenvalue weighted by atomic mass is 35.5. The Labute approximate surface area is 205 Å². The van der Waals surface area contributed by atoms with Crippen molar-refractivity contribution in [2.45, 2.75) is 13.5 Å². The molecule has 176 valence electrons. The van der Waals surface area contributed by atoms with Crippen molar-refractivity contribution in [1.29, 1.82) is 0 Å². The Hall–Kier alpha value is -3.97. The monoisotopic (exact) mass is 489 g/mol. The molecule has 0 aliphatic heterocycles. The van der Waals surface area contributed by atoms with E-state index in [0.29, 0.717) is 44.2 Å². The summed E-state index contributed by atoms with van der Waals surface area (Å²) in [6.07, 6.45) is 1.60. The summed E-state index contributed by atoms with van der Waals surface area (Å²) in [7, 11) is 2.82. The maximum Gasteiger partial charge on any atom is 0.355 e. The van der Waals surface area contributed by atoms with Gasteiger partial charge in [0, 0.05) is 33.7 Å². The minimum Gasteiger partial charge on any atom is -0.481 e. The predicted molar refractivity (Wildman–Crippen MR) is 134 cm³/mol. The maximum atomic E-state index is 14.8. The lowest BCUT2D eigenvalue weighted by Crippen LogP contribution is -2.13. The summed E-state index contributed by atoms with van der Waals surface area (Å²) < 4.78 is 27.2. The van der Waals surface area contributed by atoms with Gasteiger partial charge in [-0.2, -0.15) is 0 Å². The fourth-order valence-electron chi connectivity index (χ4n) is 4.38. The van der Waals surface area contributed by atoms with Crippen LogP contribution in [-0.2, 0) is 11.3 Å². The van der Waals surface area contributed by atoms with Crippen molar-refractivity contribution in [2.75, 3.05) is 14.2 Å². The SMILES string of the molecule is COC(=O)c1c(-c2cccnc2OC)c2cc(C)c(F)cc2n1Cc1cc2ccccc2nc1Cl. The minimum atomic E-state index is -0.579. The third-order valence-electron chi connectivity index (χ3n) is 6.03. The van der Waals surface area contributed by atoms with Gasteiger partial charge in [-0.1, -0.05) is 29.8 Å². The Morgan fingerprint density at radius 1 is 1.11 bits per heavy atom. The Morgan fingerprint density at radius 3 is 2.69 bits per heavy atom.